The summed E-state index contributed by atoms with van der Waals surface area (Å²) in [5.74, 6) is 0.101. The number of aromatic nitrogens is 1. The summed E-state index contributed by atoms with van der Waals surface area (Å²) in [5, 5.41) is 6.84. The zero-order valence-electron chi connectivity index (χ0n) is 15.7. The molecule has 0 aromatic carbocycles. The molecule has 1 N–H and O–H groups in total. The van der Waals surface area contributed by atoms with Gasteiger partial charge in [0.25, 0.3) is 5.91 Å². The second-order valence-electron chi connectivity index (χ2n) is 7.08. The third-order valence-corrected chi connectivity index (χ3v) is 5.34. The van der Waals surface area contributed by atoms with E-state index in [1.165, 1.54) is 12.8 Å². The van der Waals surface area contributed by atoms with Gasteiger partial charge in [0, 0.05) is 44.8 Å². The number of amides is 3. The number of carbonyl (C=O) groups excluding carboxylic acids is 2. The van der Waals surface area contributed by atoms with Crippen LogP contribution in [0.5, 0.6) is 0 Å². The van der Waals surface area contributed by atoms with Gasteiger partial charge in [-0.05, 0) is 32.9 Å². The van der Waals surface area contributed by atoms with Gasteiger partial charge in [-0.15, -0.1) is 0 Å². The van der Waals surface area contributed by atoms with Crippen LogP contribution in [0.15, 0.2) is 10.6 Å². The molecule has 0 bridgehead atoms. The Bertz CT molecular complexity index is 624. The molecule has 0 radical (unpaired) electrons. The average Bonchev–Trinajstić information content (AvgIpc) is 3.12. The van der Waals surface area contributed by atoms with Gasteiger partial charge in [-0.1, -0.05) is 18.5 Å². The molecule has 3 amide bonds. The van der Waals surface area contributed by atoms with Crippen molar-refractivity contribution in [2.75, 3.05) is 45.8 Å². The molecular weight excluding hydrogens is 334 g/mol. The standard InChI is InChI=1S/C18H29N5O3/c1-3-21-7-5-4-6-15(21)13-19-18(25)23-10-8-22(9-11-23)17(24)16-12-14(2)20-26-16/h12,15H,3-11,13H2,1-2H3,(H,19,25)/t15-/m0/s1. The van der Waals surface area contributed by atoms with E-state index in [0.29, 0.717) is 44.5 Å². The molecule has 8 nitrogen and oxygen atoms in total. The van der Waals surface area contributed by atoms with E-state index >= 15 is 0 Å². The number of hydrogen-bond acceptors (Lipinski definition) is 5. The van der Waals surface area contributed by atoms with Crippen molar-refractivity contribution in [3.8, 4) is 0 Å². The lowest BCUT2D eigenvalue weighted by Crippen LogP contribution is -2.55. The first kappa shape index (κ1) is 18.7. The van der Waals surface area contributed by atoms with Gasteiger partial charge in [-0.3, -0.25) is 9.69 Å². The summed E-state index contributed by atoms with van der Waals surface area (Å²) < 4.78 is 5.04. The Morgan fingerprint density at radius 3 is 2.58 bits per heavy atom. The van der Waals surface area contributed by atoms with Gasteiger partial charge in [-0.25, -0.2) is 4.79 Å². The predicted molar refractivity (Wildman–Crippen MR) is 97.0 cm³/mol. The molecule has 144 valence electrons. The second-order valence-corrected chi connectivity index (χ2v) is 7.08. The van der Waals surface area contributed by atoms with Gasteiger partial charge >= 0.3 is 6.03 Å². The third-order valence-electron chi connectivity index (χ3n) is 5.34. The van der Waals surface area contributed by atoms with Crippen LogP contribution in [-0.4, -0.2) is 83.6 Å². The largest absolute Gasteiger partial charge is 0.351 e. The lowest BCUT2D eigenvalue weighted by Gasteiger charge is -2.37. The quantitative estimate of drug-likeness (QED) is 0.873. The van der Waals surface area contributed by atoms with Gasteiger partial charge in [0.1, 0.15) is 0 Å². The number of urea groups is 1. The maximum atomic E-state index is 12.4. The van der Waals surface area contributed by atoms with Crippen LogP contribution in [0.2, 0.25) is 0 Å². The SMILES string of the molecule is CCN1CCCC[C@H]1CNC(=O)N1CCN(C(=O)c2cc(C)no2)CC1. The van der Waals surface area contributed by atoms with Gasteiger partial charge in [-0.2, -0.15) is 0 Å². The summed E-state index contributed by atoms with van der Waals surface area (Å²) in [5.41, 5.74) is 0.690. The first-order valence-electron chi connectivity index (χ1n) is 9.58. The van der Waals surface area contributed by atoms with E-state index in [4.69, 9.17) is 4.52 Å². The monoisotopic (exact) mass is 363 g/mol. The maximum absolute atomic E-state index is 12.4. The topological polar surface area (TPSA) is 81.9 Å². The van der Waals surface area contributed by atoms with E-state index in [9.17, 15) is 9.59 Å². The summed E-state index contributed by atoms with van der Waals surface area (Å²) in [6.07, 6.45) is 3.63. The highest BCUT2D eigenvalue weighted by Crippen LogP contribution is 2.16. The number of rotatable bonds is 4. The number of piperidine rings is 1. The van der Waals surface area contributed by atoms with Crippen molar-refractivity contribution in [3.63, 3.8) is 0 Å². The van der Waals surface area contributed by atoms with E-state index in [1.807, 2.05) is 0 Å². The summed E-state index contributed by atoms with van der Waals surface area (Å²) in [6.45, 7) is 8.90. The molecule has 3 heterocycles. The van der Waals surface area contributed by atoms with Crippen molar-refractivity contribution in [1.82, 2.24) is 25.2 Å². The van der Waals surface area contributed by atoms with Gasteiger partial charge in [0.2, 0.25) is 5.76 Å². The van der Waals surface area contributed by atoms with Crippen LogP contribution >= 0.6 is 0 Å². The Labute approximate surface area is 154 Å². The highest BCUT2D eigenvalue weighted by Gasteiger charge is 2.28. The molecule has 3 rings (SSSR count). The summed E-state index contributed by atoms with van der Waals surface area (Å²) >= 11 is 0. The van der Waals surface area contributed by atoms with Crippen molar-refractivity contribution in [1.29, 1.82) is 0 Å². The summed E-state index contributed by atoms with van der Waals surface area (Å²) in [6, 6.07) is 2.05. The number of aryl methyl sites for hydroxylation is 1. The number of hydrogen-bond donors (Lipinski definition) is 1. The van der Waals surface area contributed by atoms with Gasteiger partial charge in [0.15, 0.2) is 0 Å². The Morgan fingerprint density at radius 1 is 1.19 bits per heavy atom. The van der Waals surface area contributed by atoms with E-state index in [-0.39, 0.29) is 17.7 Å². The summed E-state index contributed by atoms with van der Waals surface area (Å²) in [4.78, 5) is 30.8. The van der Waals surface area contributed by atoms with E-state index in [2.05, 4.69) is 22.3 Å². The van der Waals surface area contributed by atoms with Crippen LogP contribution in [0.3, 0.4) is 0 Å². The zero-order valence-corrected chi connectivity index (χ0v) is 15.7. The van der Waals surface area contributed by atoms with Crippen molar-refractivity contribution in [2.45, 2.75) is 39.2 Å². The van der Waals surface area contributed by atoms with Crippen molar-refractivity contribution < 1.29 is 14.1 Å². The predicted octanol–water partition coefficient (Wildman–Crippen LogP) is 1.32. The fraction of sp³-hybridized carbons (Fsp3) is 0.722. The Morgan fingerprint density at radius 2 is 1.92 bits per heavy atom. The molecule has 1 aromatic heterocycles. The minimum absolute atomic E-state index is 0.0331. The molecule has 0 saturated carbocycles. The normalized spacial score (nSPS) is 21.7. The molecule has 2 aliphatic heterocycles. The molecule has 1 aromatic rings. The first-order valence-corrected chi connectivity index (χ1v) is 9.58. The van der Waals surface area contributed by atoms with Crippen LogP contribution < -0.4 is 5.32 Å². The molecule has 2 fully saturated rings. The van der Waals surface area contributed by atoms with Gasteiger partial charge < -0.3 is 19.6 Å². The summed E-state index contributed by atoms with van der Waals surface area (Å²) in [7, 11) is 0. The average molecular weight is 363 g/mol. The third kappa shape index (κ3) is 4.35. The van der Waals surface area contributed by atoms with Crippen molar-refractivity contribution >= 4 is 11.9 Å². The Balaban J connectivity index is 1.44. The highest BCUT2D eigenvalue weighted by atomic mass is 16.5. The van der Waals surface area contributed by atoms with Crippen LogP contribution in [-0.2, 0) is 0 Å². The van der Waals surface area contributed by atoms with Crippen LogP contribution in [0.1, 0.15) is 42.4 Å². The van der Waals surface area contributed by atoms with Crippen LogP contribution in [0.25, 0.3) is 0 Å². The fourth-order valence-corrected chi connectivity index (χ4v) is 3.76. The molecule has 2 saturated heterocycles. The molecule has 0 unspecified atom stereocenters. The van der Waals surface area contributed by atoms with Crippen LogP contribution in [0, 0.1) is 6.92 Å². The lowest BCUT2D eigenvalue weighted by molar-refractivity contribution is 0.0622. The highest BCUT2D eigenvalue weighted by molar-refractivity contribution is 5.91. The minimum Gasteiger partial charge on any atom is -0.351 e. The second kappa shape index (κ2) is 8.53. The van der Waals surface area contributed by atoms with Gasteiger partial charge in [0.05, 0.1) is 5.69 Å². The molecule has 0 spiro atoms. The van der Waals surface area contributed by atoms with E-state index < -0.39 is 0 Å². The molecule has 26 heavy (non-hydrogen) atoms. The Hall–Kier alpha value is -2.09. The maximum Gasteiger partial charge on any atom is 0.317 e. The number of piperazine rings is 1. The lowest BCUT2D eigenvalue weighted by atomic mass is 10.0. The minimum atomic E-state index is -0.161. The first-order chi connectivity index (χ1) is 12.6. The van der Waals surface area contributed by atoms with E-state index in [1.54, 1.807) is 22.8 Å². The van der Waals surface area contributed by atoms with Crippen molar-refractivity contribution in [2.24, 2.45) is 0 Å². The van der Waals surface area contributed by atoms with Crippen molar-refractivity contribution in [3.05, 3.63) is 17.5 Å². The number of nitrogens with one attached hydrogen (secondary N) is 1. The number of carbonyl (C=O) groups is 2. The number of likely N-dealkylation sites (N-methyl/N-ethyl adjacent to an activating group) is 1. The molecular formula is C18H29N5O3. The van der Waals surface area contributed by atoms with Crippen LogP contribution in [0.4, 0.5) is 4.79 Å². The molecule has 1 atom stereocenters. The van der Waals surface area contributed by atoms with E-state index in [0.717, 1.165) is 19.5 Å². The molecule has 2 aliphatic rings. The molecule has 0 aliphatic carbocycles. The smallest absolute Gasteiger partial charge is 0.317 e. The fourth-order valence-electron chi connectivity index (χ4n) is 3.76. The Kier molecular flexibility index (Phi) is 6.13. The number of nitrogens with zero attached hydrogens (tertiary/aromatic N) is 4. The zero-order chi connectivity index (χ0) is 18.5. The molecule has 8 heteroatoms. The number of likely N-dealkylation sites (tertiary alicyclic amines) is 1.